The first-order valence-electron chi connectivity index (χ1n) is 9.43. The molecule has 0 aliphatic heterocycles. The number of hydrogen-bond donors (Lipinski definition) is 1. The SMILES string of the molecule is CC(=O)c1ccc(C(=O)NC(c2ccccc2)c2nc3ccccc3n2C)cc1. The molecule has 0 aliphatic rings. The Hall–Kier alpha value is -3.73. The lowest BCUT2D eigenvalue weighted by Crippen LogP contribution is -2.31. The summed E-state index contributed by atoms with van der Waals surface area (Å²) in [7, 11) is 1.95. The van der Waals surface area contributed by atoms with Crippen molar-refractivity contribution >= 4 is 22.7 Å². The fourth-order valence-corrected chi connectivity index (χ4v) is 3.44. The Kier molecular flexibility index (Phi) is 4.96. The van der Waals surface area contributed by atoms with Crippen LogP contribution in [0.2, 0.25) is 0 Å². The summed E-state index contributed by atoms with van der Waals surface area (Å²) in [6.07, 6.45) is 0. The molecule has 4 rings (SSSR count). The molecule has 144 valence electrons. The molecule has 0 saturated carbocycles. The van der Waals surface area contributed by atoms with Crippen molar-refractivity contribution in [2.45, 2.75) is 13.0 Å². The first kappa shape index (κ1) is 18.6. The maximum atomic E-state index is 13.0. The summed E-state index contributed by atoms with van der Waals surface area (Å²) in [5.41, 5.74) is 3.90. The fraction of sp³-hybridized carbons (Fsp3) is 0.125. The van der Waals surface area contributed by atoms with Crippen molar-refractivity contribution in [1.82, 2.24) is 14.9 Å². The van der Waals surface area contributed by atoms with Gasteiger partial charge in [-0.25, -0.2) is 4.98 Å². The van der Waals surface area contributed by atoms with Crippen LogP contribution in [-0.2, 0) is 7.05 Å². The fourth-order valence-electron chi connectivity index (χ4n) is 3.44. The van der Waals surface area contributed by atoms with Gasteiger partial charge < -0.3 is 9.88 Å². The van der Waals surface area contributed by atoms with E-state index in [0.717, 1.165) is 22.4 Å². The van der Waals surface area contributed by atoms with Crippen LogP contribution in [0.3, 0.4) is 0 Å². The Labute approximate surface area is 169 Å². The predicted octanol–water partition coefficient (Wildman–Crippen LogP) is 4.30. The van der Waals surface area contributed by atoms with Crippen molar-refractivity contribution in [3.05, 3.63) is 101 Å². The van der Waals surface area contributed by atoms with Gasteiger partial charge in [0.05, 0.1) is 11.0 Å². The second-order valence-electron chi connectivity index (χ2n) is 6.97. The highest BCUT2D eigenvalue weighted by Crippen LogP contribution is 2.25. The highest BCUT2D eigenvalue weighted by atomic mass is 16.1. The van der Waals surface area contributed by atoms with Crippen molar-refractivity contribution in [3.63, 3.8) is 0 Å². The first-order chi connectivity index (χ1) is 14.0. The molecule has 1 aromatic heterocycles. The van der Waals surface area contributed by atoms with Crippen molar-refractivity contribution in [2.75, 3.05) is 0 Å². The molecule has 0 bridgehead atoms. The van der Waals surface area contributed by atoms with Crippen LogP contribution in [0.5, 0.6) is 0 Å². The molecule has 0 spiro atoms. The average molecular weight is 383 g/mol. The van der Waals surface area contributed by atoms with Crippen LogP contribution in [-0.4, -0.2) is 21.2 Å². The van der Waals surface area contributed by atoms with Gasteiger partial charge in [0, 0.05) is 18.2 Å². The Morgan fingerprint density at radius 2 is 1.48 bits per heavy atom. The summed E-state index contributed by atoms with van der Waals surface area (Å²) in [6.45, 7) is 1.51. The quantitative estimate of drug-likeness (QED) is 0.523. The maximum Gasteiger partial charge on any atom is 0.252 e. The summed E-state index contributed by atoms with van der Waals surface area (Å²) in [4.78, 5) is 29.2. The zero-order chi connectivity index (χ0) is 20.4. The number of benzene rings is 3. The third-order valence-electron chi connectivity index (χ3n) is 5.04. The monoisotopic (exact) mass is 383 g/mol. The van der Waals surface area contributed by atoms with Gasteiger partial charge in [-0.3, -0.25) is 9.59 Å². The molecule has 5 nitrogen and oxygen atoms in total. The van der Waals surface area contributed by atoms with Crippen molar-refractivity contribution < 1.29 is 9.59 Å². The second kappa shape index (κ2) is 7.72. The minimum Gasteiger partial charge on any atom is -0.338 e. The highest BCUT2D eigenvalue weighted by molar-refractivity contribution is 5.98. The summed E-state index contributed by atoms with van der Waals surface area (Å²) in [6, 6.07) is 23.9. The van der Waals surface area contributed by atoms with Crippen LogP contribution < -0.4 is 5.32 Å². The molecule has 0 saturated heterocycles. The number of aromatic nitrogens is 2. The van der Waals surface area contributed by atoms with Gasteiger partial charge in [-0.2, -0.15) is 0 Å². The Morgan fingerprint density at radius 3 is 2.14 bits per heavy atom. The number of amides is 1. The van der Waals surface area contributed by atoms with E-state index in [0.29, 0.717) is 11.1 Å². The zero-order valence-corrected chi connectivity index (χ0v) is 16.3. The van der Waals surface area contributed by atoms with Crippen LogP contribution in [0, 0.1) is 0 Å². The van der Waals surface area contributed by atoms with E-state index in [1.54, 1.807) is 24.3 Å². The lowest BCUT2D eigenvalue weighted by atomic mass is 10.0. The number of para-hydroxylation sites is 2. The largest absolute Gasteiger partial charge is 0.338 e. The number of ketones is 1. The van der Waals surface area contributed by atoms with Crippen molar-refractivity contribution in [2.24, 2.45) is 7.05 Å². The van der Waals surface area contributed by atoms with E-state index < -0.39 is 6.04 Å². The summed E-state index contributed by atoms with van der Waals surface area (Å²) in [5, 5.41) is 3.11. The minimum atomic E-state index is -0.409. The molecule has 1 amide bonds. The molecule has 1 heterocycles. The molecule has 1 atom stereocenters. The number of imidazole rings is 1. The van der Waals surface area contributed by atoms with E-state index in [2.05, 4.69) is 5.32 Å². The standard InChI is InChI=1S/C24H21N3O2/c1-16(28)17-12-14-19(15-13-17)24(29)26-22(18-8-4-3-5-9-18)23-25-20-10-6-7-11-21(20)27(23)2/h3-15,22H,1-2H3,(H,26,29). The van der Waals surface area contributed by atoms with Crippen molar-refractivity contribution in [1.29, 1.82) is 0 Å². The van der Waals surface area contributed by atoms with Crippen LogP contribution in [0.1, 0.15) is 45.1 Å². The van der Waals surface area contributed by atoms with E-state index in [9.17, 15) is 9.59 Å². The number of carbonyl (C=O) groups is 2. The molecule has 0 fully saturated rings. The Balaban J connectivity index is 1.72. The molecule has 1 N–H and O–H groups in total. The number of rotatable bonds is 5. The molecular weight excluding hydrogens is 362 g/mol. The molecule has 0 aliphatic carbocycles. The number of nitrogens with one attached hydrogen (secondary N) is 1. The number of aryl methyl sites for hydroxylation is 1. The third kappa shape index (κ3) is 3.67. The van der Waals surface area contributed by atoms with Gasteiger partial charge in [-0.05, 0) is 36.8 Å². The minimum absolute atomic E-state index is 0.0289. The second-order valence-corrected chi connectivity index (χ2v) is 6.97. The summed E-state index contributed by atoms with van der Waals surface area (Å²) < 4.78 is 2.01. The van der Waals surface area contributed by atoms with Gasteiger partial charge >= 0.3 is 0 Å². The third-order valence-corrected chi connectivity index (χ3v) is 5.04. The molecule has 3 aromatic carbocycles. The van der Waals surface area contributed by atoms with Gasteiger partial charge in [0.1, 0.15) is 11.9 Å². The predicted molar refractivity (Wildman–Crippen MR) is 113 cm³/mol. The van der Waals surface area contributed by atoms with Gasteiger partial charge in [-0.15, -0.1) is 0 Å². The smallest absolute Gasteiger partial charge is 0.252 e. The van der Waals surface area contributed by atoms with Gasteiger partial charge in [-0.1, -0.05) is 54.6 Å². The van der Waals surface area contributed by atoms with Gasteiger partial charge in [0.25, 0.3) is 5.91 Å². The Morgan fingerprint density at radius 1 is 0.862 bits per heavy atom. The van der Waals surface area contributed by atoms with Gasteiger partial charge in [0.2, 0.25) is 0 Å². The van der Waals surface area contributed by atoms with Crippen LogP contribution in [0.15, 0.2) is 78.9 Å². The number of fused-ring (bicyclic) bond motifs is 1. The zero-order valence-electron chi connectivity index (χ0n) is 16.3. The van der Waals surface area contributed by atoms with Crippen LogP contribution in [0.25, 0.3) is 11.0 Å². The molecule has 5 heteroatoms. The lowest BCUT2D eigenvalue weighted by Gasteiger charge is -2.19. The number of carbonyl (C=O) groups excluding carboxylic acids is 2. The number of nitrogens with zero attached hydrogens (tertiary/aromatic N) is 2. The van der Waals surface area contributed by atoms with Crippen LogP contribution in [0.4, 0.5) is 0 Å². The van der Waals surface area contributed by atoms with E-state index in [1.807, 2.05) is 66.2 Å². The van der Waals surface area contributed by atoms with E-state index >= 15 is 0 Å². The Bertz CT molecular complexity index is 1180. The number of hydrogen-bond acceptors (Lipinski definition) is 3. The topological polar surface area (TPSA) is 64.0 Å². The lowest BCUT2D eigenvalue weighted by molar-refractivity contribution is 0.0939. The summed E-state index contributed by atoms with van der Waals surface area (Å²) >= 11 is 0. The average Bonchev–Trinajstić information content (AvgIpc) is 3.09. The van der Waals surface area contributed by atoms with E-state index in [4.69, 9.17) is 4.98 Å². The van der Waals surface area contributed by atoms with Crippen LogP contribution >= 0.6 is 0 Å². The van der Waals surface area contributed by atoms with Gasteiger partial charge in [0.15, 0.2) is 5.78 Å². The molecular formula is C24H21N3O2. The molecule has 4 aromatic rings. The number of Topliss-reactive ketones (excluding diaryl/α,β-unsaturated/α-hetero) is 1. The van der Waals surface area contributed by atoms with E-state index in [-0.39, 0.29) is 11.7 Å². The van der Waals surface area contributed by atoms with E-state index in [1.165, 1.54) is 6.92 Å². The maximum absolute atomic E-state index is 13.0. The molecule has 0 radical (unpaired) electrons. The molecule has 29 heavy (non-hydrogen) atoms. The first-order valence-corrected chi connectivity index (χ1v) is 9.43. The molecule has 1 unspecified atom stereocenters. The summed E-state index contributed by atoms with van der Waals surface area (Å²) in [5.74, 6) is 0.505. The van der Waals surface area contributed by atoms with Crippen molar-refractivity contribution in [3.8, 4) is 0 Å². The normalized spacial score (nSPS) is 11.9. The highest BCUT2D eigenvalue weighted by Gasteiger charge is 2.23.